The van der Waals surface area contributed by atoms with Crippen molar-refractivity contribution in [2.24, 2.45) is 0 Å². The fourth-order valence-electron chi connectivity index (χ4n) is 3.37. The molecule has 3 aromatic carbocycles. The lowest BCUT2D eigenvalue weighted by atomic mass is 9.97. The quantitative estimate of drug-likeness (QED) is 0.246. The van der Waals surface area contributed by atoms with Gasteiger partial charge in [-0.2, -0.15) is 0 Å². The molecule has 168 valence electrons. The van der Waals surface area contributed by atoms with Crippen LogP contribution in [0.1, 0.15) is 29.8 Å². The maximum atomic E-state index is 12.5. The molecule has 0 unspecified atom stereocenters. The number of benzene rings is 3. The summed E-state index contributed by atoms with van der Waals surface area (Å²) in [6, 6.07) is 23.5. The summed E-state index contributed by atoms with van der Waals surface area (Å²) in [5.74, 6) is -0.598. The van der Waals surface area contributed by atoms with Gasteiger partial charge in [0.1, 0.15) is 0 Å². The van der Waals surface area contributed by atoms with Crippen LogP contribution in [0.2, 0.25) is 0 Å². The van der Waals surface area contributed by atoms with Gasteiger partial charge in [-0.3, -0.25) is 15.0 Å². The van der Waals surface area contributed by atoms with E-state index in [1.54, 1.807) is 29.9 Å². The lowest BCUT2D eigenvalue weighted by Gasteiger charge is -2.13. The second kappa shape index (κ2) is 11.4. The van der Waals surface area contributed by atoms with Crippen molar-refractivity contribution in [1.29, 1.82) is 0 Å². The summed E-state index contributed by atoms with van der Waals surface area (Å²) in [6.45, 7) is 4.25. The molecule has 7 heteroatoms. The predicted octanol–water partition coefficient (Wildman–Crippen LogP) is 5.37. The number of nitrogens with one attached hydrogen (secondary N) is 3. The Morgan fingerprint density at radius 1 is 0.909 bits per heavy atom. The number of carbonyl (C=O) groups excluding carboxylic acids is 2. The smallest absolute Gasteiger partial charge is 0.319 e. The maximum Gasteiger partial charge on any atom is 0.319 e. The lowest BCUT2D eigenvalue weighted by molar-refractivity contribution is 0.0707. The first-order valence-corrected chi connectivity index (χ1v) is 10.7. The van der Waals surface area contributed by atoms with Crippen LogP contribution in [-0.2, 0) is 6.54 Å². The third-order valence-corrected chi connectivity index (χ3v) is 4.85. The molecule has 0 saturated heterocycles. The summed E-state index contributed by atoms with van der Waals surface area (Å²) in [6.07, 6.45) is 1.68. The highest BCUT2D eigenvalue weighted by atomic mass is 16.5. The molecular formula is C26H26N4O3. The van der Waals surface area contributed by atoms with Crippen molar-refractivity contribution in [1.82, 2.24) is 15.8 Å². The molecular weight excluding hydrogens is 416 g/mol. The van der Waals surface area contributed by atoms with Crippen LogP contribution < -0.4 is 16.1 Å². The minimum atomic E-state index is -0.598. The first-order valence-electron chi connectivity index (χ1n) is 10.7. The monoisotopic (exact) mass is 442 g/mol. The van der Waals surface area contributed by atoms with Gasteiger partial charge in [0, 0.05) is 23.7 Å². The Kier molecular flexibility index (Phi) is 8.10. The Bertz CT molecular complexity index is 1240. The van der Waals surface area contributed by atoms with Crippen molar-refractivity contribution in [3.05, 3.63) is 96.2 Å². The van der Waals surface area contributed by atoms with E-state index in [0.29, 0.717) is 22.3 Å². The van der Waals surface area contributed by atoms with E-state index < -0.39 is 5.91 Å². The molecule has 7 nitrogen and oxygen atoms in total. The van der Waals surface area contributed by atoms with Crippen molar-refractivity contribution in [2.45, 2.75) is 20.4 Å². The molecule has 1 aromatic heterocycles. The number of urea groups is 1. The topological polar surface area (TPSA) is 103 Å². The van der Waals surface area contributed by atoms with Crippen molar-refractivity contribution in [3.8, 4) is 11.1 Å². The molecule has 4 aromatic rings. The molecule has 1 heterocycles. The molecule has 3 amide bonds. The van der Waals surface area contributed by atoms with Crippen molar-refractivity contribution < 1.29 is 14.8 Å². The zero-order chi connectivity index (χ0) is 23.6. The second-order valence-electron chi connectivity index (χ2n) is 6.88. The number of fused-ring (bicyclic) bond motifs is 1. The zero-order valence-corrected chi connectivity index (χ0v) is 18.5. The molecule has 0 aliphatic heterocycles. The molecule has 33 heavy (non-hydrogen) atoms. The Hall–Kier alpha value is -4.23. The largest absolute Gasteiger partial charge is 0.334 e. The highest BCUT2D eigenvalue weighted by Gasteiger charge is 2.14. The number of anilines is 1. The number of hydroxylamine groups is 1. The first kappa shape index (κ1) is 23.4. The van der Waals surface area contributed by atoms with E-state index in [9.17, 15) is 9.59 Å². The van der Waals surface area contributed by atoms with E-state index in [1.165, 1.54) is 0 Å². The van der Waals surface area contributed by atoms with Gasteiger partial charge in [-0.1, -0.05) is 68.4 Å². The van der Waals surface area contributed by atoms with Crippen molar-refractivity contribution in [3.63, 3.8) is 0 Å². The second-order valence-corrected chi connectivity index (χ2v) is 6.88. The summed E-state index contributed by atoms with van der Waals surface area (Å²) in [7, 11) is 0. The van der Waals surface area contributed by atoms with Crippen molar-refractivity contribution in [2.75, 3.05) is 5.32 Å². The summed E-state index contributed by atoms with van der Waals surface area (Å²) in [5.41, 5.74) is 5.64. The normalized spacial score (nSPS) is 10.0. The van der Waals surface area contributed by atoms with Crippen LogP contribution in [0.4, 0.5) is 10.5 Å². The van der Waals surface area contributed by atoms with Gasteiger partial charge in [-0.25, -0.2) is 10.3 Å². The van der Waals surface area contributed by atoms with Gasteiger partial charge in [-0.05, 0) is 41.0 Å². The molecule has 0 radical (unpaired) electrons. The third-order valence-electron chi connectivity index (χ3n) is 4.85. The number of pyridine rings is 1. The SMILES string of the molecule is CC.O=C(NCc1ccc(C(=O)NO)c(-c2ccccc2)c1)Nc1cccc2cccnc12. The fraction of sp³-hybridized carbons (Fsp3) is 0.115. The summed E-state index contributed by atoms with van der Waals surface area (Å²) in [4.78, 5) is 28.8. The number of amides is 3. The van der Waals surface area contributed by atoms with Crippen LogP contribution in [0.15, 0.2) is 85.1 Å². The van der Waals surface area contributed by atoms with E-state index in [2.05, 4.69) is 15.6 Å². The van der Waals surface area contributed by atoms with Gasteiger partial charge >= 0.3 is 6.03 Å². The third kappa shape index (κ3) is 5.72. The number of hydrogen-bond donors (Lipinski definition) is 4. The Morgan fingerprint density at radius 2 is 1.67 bits per heavy atom. The number of para-hydroxylation sites is 1. The average Bonchev–Trinajstić information content (AvgIpc) is 2.89. The van der Waals surface area contributed by atoms with Crippen LogP contribution >= 0.6 is 0 Å². The summed E-state index contributed by atoms with van der Waals surface area (Å²) >= 11 is 0. The van der Waals surface area contributed by atoms with E-state index in [1.807, 2.05) is 74.5 Å². The van der Waals surface area contributed by atoms with Crippen LogP contribution in [0, 0.1) is 0 Å². The zero-order valence-electron chi connectivity index (χ0n) is 18.5. The minimum absolute atomic E-state index is 0.255. The minimum Gasteiger partial charge on any atom is -0.334 e. The van der Waals surface area contributed by atoms with Gasteiger partial charge in [-0.15, -0.1) is 0 Å². The van der Waals surface area contributed by atoms with E-state index in [4.69, 9.17) is 5.21 Å². The maximum absolute atomic E-state index is 12.5. The number of aromatic nitrogens is 1. The Balaban J connectivity index is 0.00000149. The Morgan fingerprint density at radius 3 is 2.42 bits per heavy atom. The number of carbonyl (C=O) groups is 2. The molecule has 0 saturated carbocycles. The van der Waals surface area contributed by atoms with Crippen molar-refractivity contribution >= 4 is 28.5 Å². The van der Waals surface area contributed by atoms with E-state index in [0.717, 1.165) is 16.5 Å². The molecule has 0 aliphatic rings. The average molecular weight is 443 g/mol. The van der Waals surface area contributed by atoms with Gasteiger partial charge in [0.2, 0.25) is 0 Å². The fourth-order valence-corrected chi connectivity index (χ4v) is 3.37. The lowest BCUT2D eigenvalue weighted by Crippen LogP contribution is -2.28. The molecule has 4 N–H and O–H groups in total. The Labute approximate surface area is 192 Å². The molecule has 0 spiro atoms. The van der Waals surface area contributed by atoms with E-state index >= 15 is 0 Å². The van der Waals surface area contributed by atoms with E-state index in [-0.39, 0.29) is 12.6 Å². The summed E-state index contributed by atoms with van der Waals surface area (Å²) in [5, 5.41) is 15.6. The summed E-state index contributed by atoms with van der Waals surface area (Å²) < 4.78 is 0. The van der Waals surface area contributed by atoms with Crippen LogP contribution in [0.5, 0.6) is 0 Å². The molecule has 0 fully saturated rings. The molecule has 4 rings (SSSR count). The standard InChI is InChI=1S/C24H20N4O3.C2H6/c29-23(28-31)19-12-11-16(14-20(19)17-6-2-1-3-7-17)15-26-24(30)27-21-10-4-8-18-9-5-13-25-22(18)21;1-2/h1-14,31H,15H2,(H,28,29)(H2,26,27,30);1-2H3. The van der Waals surface area contributed by atoms with Gasteiger partial charge in [0.05, 0.1) is 11.2 Å². The highest BCUT2D eigenvalue weighted by molar-refractivity contribution is 6.01. The number of rotatable bonds is 5. The first-order chi connectivity index (χ1) is 16.2. The van der Waals surface area contributed by atoms with Gasteiger partial charge < -0.3 is 10.6 Å². The van der Waals surface area contributed by atoms with Crippen LogP contribution in [-0.4, -0.2) is 22.1 Å². The molecule has 0 bridgehead atoms. The van der Waals surface area contributed by atoms with Crippen LogP contribution in [0.3, 0.4) is 0 Å². The van der Waals surface area contributed by atoms with Gasteiger partial charge in [0.15, 0.2) is 0 Å². The highest BCUT2D eigenvalue weighted by Crippen LogP contribution is 2.25. The number of hydrogen-bond acceptors (Lipinski definition) is 4. The van der Waals surface area contributed by atoms with Crippen LogP contribution in [0.25, 0.3) is 22.0 Å². The van der Waals surface area contributed by atoms with Gasteiger partial charge in [0.25, 0.3) is 5.91 Å². The molecule has 0 atom stereocenters. The number of nitrogens with zero attached hydrogens (tertiary/aromatic N) is 1. The predicted molar refractivity (Wildman–Crippen MR) is 130 cm³/mol. The molecule has 0 aliphatic carbocycles.